The number of aliphatic imine (C=N–C) groups is 1. The molecule has 0 spiro atoms. The van der Waals surface area contributed by atoms with Crippen LogP contribution in [0.15, 0.2) is 59.6 Å². The van der Waals surface area contributed by atoms with E-state index in [9.17, 15) is 9.59 Å². The van der Waals surface area contributed by atoms with Crippen LogP contribution in [0.4, 0.5) is 5.69 Å². The average Bonchev–Trinajstić information content (AvgIpc) is 2.72. The van der Waals surface area contributed by atoms with E-state index in [0.717, 1.165) is 11.1 Å². The molecule has 3 rings (SSSR count). The van der Waals surface area contributed by atoms with Crippen LogP contribution in [0.5, 0.6) is 0 Å². The number of ether oxygens (including phenoxy) is 1. The maximum absolute atomic E-state index is 12.7. The number of benzodiazepines with no additional fused rings is 1. The third-order valence-corrected chi connectivity index (χ3v) is 3.90. The number of esters is 1. The molecule has 0 unspecified atom stereocenters. The van der Waals surface area contributed by atoms with Crippen molar-refractivity contribution in [3.63, 3.8) is 0 Å². The molecule has 0 aromatic heterocycles. The fourth-order valence-electron chi connectivity index (χ4n) is 2.79. The second kappa shape index (κ2) is 7.27. The lowest BCUT2D eigenvalue weighted by Gasteiger charge is -2.23. The number of hydrogen-bond donors (Lipinski definition) is 1. The van der Waals surface area contributed by atoms with Gasteiger partial charge in [0.15, 0.2) is 6.17 Å². The maximum Gasteiger partial charge on any atom is 0.302 e. The van der Waals surface area contributed by atoms with Crippen molar-refractivity contribution in [1.29, 1.82) is 0 Å². The molecule has 2 aromatic carbocycles. The van der Waals surface area contributed by atoms with E-state index in [0.29, 0.717) is 11.4 Å². The van der Waals surface area contributed by atoms with Crippen molar-refractivity contribution in [3.05, 3.63) is 65.7 Å². The molecular weight excluding hydrogens is 318 g/mol. The number of benzene rings is 2. The molecule has 6 heteroatoms. The van der Waals surface area contributed by atoms with Crippen LogP contribution < -0.4 is 10.6 Å². The molecule has 1 amide bonds. The van der Waals surface area contributed by atoms with Gasteiger partial charge in [0, 0.05) is 18.1 Å². The molecule has 2 aromatic rings. The lowest BCUT2D eigenvalue weighted by atomic mass is 10.0. The number of nitrogens with zero attached hydrogens (tertiary/aromatic N) is 2. The van der Waals surface area contributed by atoms with Crippen LogP contribution in [0.3, 0.4) is 0 Å². The maximum atomic E-state index is 12.7. The molecule has 1 aliphatic rings. The van der Waals surface area contributed by atoms with Gasteiger partial charge in [0.2, 0.25) is 0 Å². The highest BCUT2D eigenvalue weighted by atomic mass is 16.5. The molecule has 1 aliphatic heterocycles. The molecule has 0 saturated carbocycles. The molecule has 128 valence electrons. The first-order chi connectivity index (χ1) is 12.1. The van der Waals surface area contributed by atoms with E-state index in [1.165, 1.54) is 11.8 Å². The highest BCUT2D eigenvalue weighted by Gasteiger charge is 2.29. The number of carbonyl (C=O) groups excluding carboxylic acids is 2. The fraction of sp³-hybridized carbons (Fsp3) is 0.211. The van der Waals surface area contributed by atoms with E-state index in [-0.39, 0.29) is 25.0 Å². The highest BCUT2D eigenvalue weighted by molar-refractivity contribution is 6.20. The van der Waals surface area contributed by atoms with Gasteiger partial charge in [0.25, 0.3) is 5.91 Å². The van der Waals surface area contributed by atoms with Crippen molar-refractivity contribution in [2.24, 2.45) is 10.7 Å². The Kier molecular flexibility index (Phi) is 4.90. The van der Waals surface area contributed by atoms with Gasteiger partial charge in [-0.1, -0.05) is 48.5 Å². The summed E-state index contributed by atoms with van der Waals surface area (Å²) < 4.78 is 4.98. The average molecular weight is 337 g/mol. The Morgan fingerprint density at radius 1 is 1.16 bits per heavy atom. The Morgan fingerprint density at radius 2 is 1.84 bits per heavy atom. The van der Waals surface area contributed by atoms with E-state index in [1.807, 2.05) is 54.6 Å². The van der Waals surface area contributed by atoms with Crippen molar-refractivity contribution in [3.8, 4) is 0 Å². The molecule has 2 N–H and O–H groups in total. The second-order valence-electron chi connectivity index (χ2n) is 5.64. The van der Waals surface area contributed by atoms with Crippen LogP contribution in [-0.2, 0) is 14.3 Å². The quantitative estimate of drug-likeness (QED) is 0.861. The smallest absolute Gasteiger partial charge is 0.302 e. The molecule has 1 heterocycles. The molecule has 6 nitrogen and oxygen atoms in total. The Labute approximate surface area is 145 Å². The first-order valence-corrected chi connectivity index (χ1v) is 8.01. The van der Waals surface area contributed by atoms with Crippen LogP contribution >= 0.6 is 0 Å². The summed E-state index contributed by atoms with van der Waals surface area (Å²) in [7, 11) is 0. The summed E-state index contributed by atoms with van der Waals surface area (Å²) in [5.41, 5.74) is 9.10. The van der Waals surface area contributed by atoms with Crippen LogP contribution in [0.1, 0.15) is 18.1 Å². The summed E-state index contributed by atoms with van der Waals surface area (Å²) in [6.07, 6.45) is -1.01. The van der Waals surface area contributed by atoms with Crippen molar-refractivity contribution in [2.45, 2.75) is 13.1 Å². The van der Waals surface area contributed by atoms with Gasteiger partial charge in [-0.15, -0.1) is 0 Å². The molecule has 0 aliphatic carbocycles. The number of nitrogens with two attached hydrogens (primary N) is 1. The number of rotatable bonds is 4. The van der Waals surface area contributed by atoms with Crippen molar-refractivity contribution in [2.75, 3.05) is 18.1 Å². The van der Waals surface area contributed by atoms with Gasteiger partial charge >= 0.3 is 5.97 Å². The van der Waals surface area contributed by atoms with E-state index in [1.54, 1.807) is 0 Å². The third-order valence-electron chi connectivity index (χ3n) is 3.90. The molecular formula is C19H19N3O3. The number of para-hydroxylation sites is 1. The number of hydrogen-bond acceptors (Lipinski definition) is 5. The summed E-state index contributed by atoms with van der Waals surface area (Å²) in [4.78, 5) is 29.7. The van der Waals surface area contributed by atoms with Crippen molar-refractivity contribution >= 4 is 23.3 Å². The predicted molar refractivity (Wildman–Crippen MR) is 95.5 cm³/mol. The summed E-state index contributed by atoms with van der Waals surface area (Å²) in [5.74, 6) is -0.716. The second-order valence-corrected chi connectivity index (χ2v) is 5.64. The summed E-state index contributed by atoms with van der Waals surface area (Å²) in [5, 5.41) is 0. The topological polar surface area (TPSA) is 85.0 Å². The van der Waals surface area contributed by atoms with Crippen LogP contribution in [0, 0.1) is 0 Å². The molecule has 25 heavy (non-hydrogen) atoms. The van der Waals surface area contributed by atoms with E-state index >= 15 is 0 Å². The Bertz CT molecular complexity index is 818. The van der Waals surface area contributed by atoms with Gasteiger partial charge in [-0.2, -0.15) is 0 Å². The van der Waals surface area contributed by atoms with Crippen LogP contribution in [0.2, 0.25) is 0 Å². The standard InChI is InChI=1S/C19H19N3O3/c1-13(23)25-12-11-22-16-10-6-5-9-15(16)17(21-18(20)19(22)24)14-7-3-2-4-8-14/h2-10,18H,11-12,20H2,1H3/t18-/m1/s1. The highest BCUT2D eigenvalue weighted by Crippen LogP contribution is 2.27. The minimum atomic E-state index is -1.01. The zero-order valence-electron chi connectivity index (χ0n) is 13.9. The zero-order valence-corrected chi connectivity index (χ0v) is 13.9. The first kappa shape index (κ1) is 16.9. The van der Waals surface area contributed by atoms with Crippen molar-refractivity contribution in [1.82, 2.24) is 0 Å². The SMILES string of the molecule is CC(=O)OCCN1C(=O)[C@H](N)N=C(c2ccccc2)c2ccccc21. The number of amides is 1. The van der Waals surface area contributed by atoms with Gasteiger partial charge in [0.05, 0.1) is 17.9 Å². The zero-order chi connectivity index (χ0) is 17.8. The van der Waals surface area contributed by atoms with E-state index < -0.39 is 6.17 Å². The van der Waals surface area contributed by atoms with Crippen LogP contribution in [0.25, 0.3) is 0 Å². The van der Waals surface area contributed by atoms with Crippen LogP contribution in [-0.4, -0.2) is 36.9 Å². The Hall–Kier alpha value is -2.99. The number of fused-ring (bicyclic) bond motifs is 1. The predicted octanol–water partition coefficient (Wildman–Crippen LogP) is 1.72. The van der Waals surface area contributed by atoms with Gasteiger partial charge in [0.1, 0.15) is 6.61 Å². The fourth-order valence-corrected chi connectivity index (χ4v) is 2.79. The monoisotopic (exact) mass is 337 g/mol. The van der Waals surface area contributed by atoms with Gasteiger partial charge < -0.3 is 15.4 Å². The minimum Gasteiger partial charge on any atom is -0.464 e. The largest absolute Gasteiger partial charge is 0.464 e. The molecule has 1 atom stereocenters. The lowest BCUT2D eigenvalue weighted by Crippen LogP contribution is -2.44. The first-order valence-electron chi connectivity index (χ1n) is 8.01. The normalized spacial score (nSPS) is 16.7. The van der Waals surface area contributed by atoms with E-state index in [2.05, 4.69) is 4.99 Å². The molecule has 0 bridgehead atoms. The van der Waals surface area contributed by atoms with Gasteiger partial charge in [-0.25, -0.2) is 0 Å². The van der Waals surface area contributed by atoms with E-state index in [4.69, 9.17) is 10.5 Å². The summed E-state index contributed by atoms with van der Waals surface area (Å²) in [6, 6.07) is 17.1. The summed E-state index contributed by atoms with van der Waals surface area (Å²) in [6.45, 7) is 1.66. The van der Waals surface area contributed by atoms with Gasteiger partial charge in [-0.05, 0) is 6.07 Å². The Morgan fingerprint density at radius 3 is 2.56 bits per heavy atom. The molecule has 0 saturated heterocycles. The number of anilines is 1. The third kappa shape index (κ3) is 3.59. The summed E-state index contributed by atoms with van der Waals surface area (Å²) >= 11 is 0. The molecule has 0 fully saturated rings. The van der Waals surface area contributed by atoms with Gasteiger partial charge in [-0.3, -0.25) is 14.6 Å². The Balaban J connectivity index is 2.04. The van der Waals surface area contributed by atoms with Crippen molar-refractivity contribution < 1.29 is 14.3 Å². The molecule has 0 radical (unpaired) electrons. The minimum absolute atomic E-state index is 0.1000. The number of carbonyl (C=O) groups is 2. The lowest BCUT2D eigenvalue weighted by molar-refractivity contribution is -0.141.